The van der Waals surface area contributed by atoms with Crippen molar-refractivity contribution in [2.24, 2.45) is 0 Å². The minimum absolute atomic E-state index is 0.0954. The van der Waals surface area contributed by atoms with Crippen LogP contribution in [-0.2, 0) is 11.3 Å². The Morgan fingerprint density at radius 1 is 1.16 bits per heavy atom. The molecule has 3 N–H and O–H groups in total. The lowest BCUT2D eigenvalue weighted by Gasteiger charge is -2.05. The number of anilines is 3. The number of rotatable bonds is 8. The van der Waals surface area contributed by atoms with Gasteiger partial charge in [0.1, 0.15) is 5.69 Å². The highest BCUT2D eigenvalue weighted by molar-refractivity contribution is 7.13. The topological polar surface area (TPSA) is 96.8 Å². The molecule has 4 aromatic rings. The van der Waals surface area contributed by atoms with Crippen LogP contribution >= 0.6 is 11.3 Å². The summed E-state index contributed by atoms with van der Waals surface area (Å²) < 4.78 is 1.76. The van der Waals surface area contributed by atoms with Crippen LogP contribution in [0.4, 0.5) is 16.5 Å². The summed E-state index contributed by atoms with van der Waals surface area (Å²) in [4.78, 5) is 16.4. The summed E-state index contributed by atoms with van der Waals surface area (Å²) in [5.74, 6) is -0.0954. The second-order valence-electron chi connectivity index (χ2n) is 7.04. The van der Waals surface area contributed by atoms with Crippen LogP contribution in [0.15, 0.2) is 60.1 Å². The van der Waals surface area contributed by atoms with Gasteiger partial charge < -0.3 is 16.0 Å². The summed E-state index contributed by atoms with van der Waals surface area (Å²) in [6.45, 7) is 2.85. The number of hydrogen-bond acceptors (Lipinski definition) is 7. The molecule has 2 heterocycles. The molecule has 0 atom stereocenters. The van der Waals surface area contributed by atoms with Crippen LogP contribution in [0.3, 0.4) is 0 Å². The number of hydrogen-bond donors (Lipinski definition) is 3. The molecule has 0 radical (unpaired) electrons. The van der Waals surface area contributed by atoms with Gasteiger partial charge in [-0.25, -0.2) is 9.67 Å². The maximum Gasteiger partial charge on any atom is 0.238 e. The number of aryl methyl sites for hydroxylation is 1. The zero-order valence-corrected chi connectivity index (χ0v) is 18.1. The highest BCUT2D eigenvalue weighted by atomic mass is 32.1. The summed E-state index contributed by atoms with van der Waals surface area (Å²) >= 11 is 1.56. The van der Waals surface area contributed by atoms with E-state index >= 15 is 0 Å². The molecule has 0 fully saturated rings. The summed E-state index contributed by atoms with van der Waals surface area (Å²) in [5, 5.41) is 20.4. The first-order valence-electron chi connectivity index (χ1n) is 9.83. The Morgan fingerprint density at radius 2 is 2.03 bits per heavy atom. The normalized spacial score (nSPS) is 10.8. The molecule has 0 saturated carbocycles. The first kappa shape index (κ1) is 20.7. The first-order valence-corrected chi connectivity index (χ1v) is 10.7. The minimum Gasteiger partial charge on any atom is -0.331 e. The van der Waals surface area contributed by atoms with Crippen LogP contribution in [-0.4, -0.2) is 39.5 Å². The molecular weight excluding hydrogens is 410 g/mol. The summed E-state index contributed by atoms with van der Waals surface area (Å²) in [7, 11) is 1.73. The fourth-order valence-corrected chi connectivity index (χ4v) is 3.78. The van der Waals surface area contributed by atoms with E-state index in [2.05, 4.69) is 44.2 Å². The monoisotopic (exact) mass is 433 g/mol. The Hall–Kier alpha value is -3.56. The fraction of sp³-hybridized carbons (Fsp3) is 0.182. The molecule has 0 bridgehead atoms. The van der Waals surface area contributed by atoms with E-state index in [0.717, 1.165) is 33.5 Å². The number of nitrogens with one attached hydrogen (secondary N) is 3. The van der Waals surface area contributed by atoms with Crippen LogP contribution < -0.4 is 16.0 Å². The SMILES string of the molecule is CNCC(=O)Nc1cccc(-c2cn(Cc3csc(Nc4ccccc4C)n3)nn2)c1. The lowest BCUT2D eigenvalue weighted by molar-refractivity contribution is -0.115. The highest BCUT2D eigenvalue weighted by Crippen LogP contribution is 2.24. The predicted octanol–water partition coefficient (Wildman–Crippen LogP) is 3.66. The predicted molar refractivity (Wildman–Crippen MR) is 124 cm³/mol. The van der Waals surface area contributed by atoms with Crippen molar-refractivity contribution in [2.75, 3.05) is 24.2 Å². The number of para-hydroxylation sites is 1. The van der Waals surface area contributed by atoms with Gasteiger partial charge in [-0.3, -0.25) is 4.79 Å². The minimum atomic E-state index is -0.0954. The van der Waals surface area contributed by atoms with E-state index in [4.69, 9.17) is 0 Å². The molecule has 0 saturated heterocycles. The number of aromatic nitrogens is 4. The third kappa shape index (κ3) is 5.33. The van der Waals surface area contributed by atoms with Gasteiger partial charge in [0.2, 0.25) is 5.91 Å². The van der Waals surface area contributed by atoms with Crippen molar-refractivity contribution < 1.29 is 4.79 Å². The van der Waals surface area contributed by atoms with E-state index in [9.17, 15) is 4.79 Å². The molecule has 8 nitrogen and oxygen atoms in total. The third-order valence-electron chi connectivity index (χ3n) is 4.58. The number of carbonyl (C=O) groups excluding carboxylic acids is 1. The Labute approximate surface area is 184 Å². The zero-order valence-electron chi connectivity index (χ0n) is 17.3. The highest BCUT2D eigenvalue weighted by Gasteiger charge is 2.09. The van der Waals surface area contributed by atoms with Gasteiger partial charge in [0, 0.05) is 22.3 Å². The van der Waals surface area contributed by atoms with E-state index in [0.29, 0.717) is 6.54 Å². The average molecular weight is 434 g/mol. The van der Waals surface area contributed by atoms with Crippen LogP contribution in [0.2, 0.25) is 0 Å². The van der Waals surface area contributed by atoms with Crippen LogP contribution in [0.5, 0.6) is 0 Å². The van der Waals surface area contributed by atoms with Crippen molar-refractivity contribution in [3.05, 3.63) is 71.4 Å². The van der Waals surface area contributed by atoms with Crippen molar-refractivity contribution in [3.63, 3.8) is 0 Å². The molecule has 0 aliphatic carbocycles. The lowest BCUT2D eigenvalue weighted by atomic mass is 10.1. The molecule has 2 aromatic carbocycles. The second-order valence-corrected chi connectivity index (χ2v) is 7.90. The standard InChI is InChI=1S/C22H23N7OS/c1-15-6-3-4-9-19(15)26-22-25-18(14-31-22)12-29-13-20(27-28-29)16-7-5-8-17(10-16)24-21(30)11-23-2/h3-10,13-14,23H,11-12H2,1-2H3,(H,24,30)(H,25,26). The second kappa shape index (κ2) is 9.50. The van der Waals surface area contributed by atoms with Crippen molar-refractivity contribution in [2.45, 2.75) is 13.5 Å². The van der Waals surface area contributed by atoms with Crippen molar-refractivity contribution >= 4 is 33.8 Å². The third-order valence-corrected chi connectivity index (χ3v) is 5.39. The summed E-state index contributed by atoms with van der Waals surface area (Å²) in [5.41, 5.74) is 5.47. The molecule has 31 heavy (non-hydrogen) atoms. The molecule has 0 aliphatic rings. The zero-order chi connectivity index (χ0) is 21.6. The van der Waals surface area contributed by atoms with Gasteiger partial charge in [0.25, 0.3) is 0 Å². The maximum atomic E-state index is 11.8. The molecule has 2 aromatic heterocycles. The van der Waals surface area contributed by atoms with Gasteiger partial charge >= 0.3 is 0 Å². The fourth-order valence-electron chi connectivity index (χ4n) is 3.06. The molecule has 9 heteroatoms. The number of benzene rings is 2. The van der Waals surface area contributed by atoms with Crippen LogP contribution in [0, 0.1) is 6.92 Å². The van der Waals surface area contributed by atoms with E-state index in [1.165, 1.54) is 5.56 Å². The maximum absolute atomic E-state index is 11.8. The molecule has 0 spiro atoms. The van der Waals surface area contributed by atoms with E-state index in [-0.39, 0.29) is 12.5 Å². The van der Waals surface area contributed by atoms with Gasteiger partial charge in [-0.05, 0) is 37.7 Å². The first-order chi connectivity index (χ1) is 15.1. The van der Waals surface area contributed by atoms with Crippen molar-refractivity contribution in [1.82, 2.24) is 25.3 Å². The van der Waals surface area contributed by atoms with Crippen LogP contribution in [0.25, 0.3) is 11.3 Å². The Morgan fingerprint density at radius 3 is 2.87 bits per heavy atom. The van der Waals surface area contributed by atoms with E-state index < -0.39 is 0 Å². The van der Waals surface area contributed by atoms with Gasteiger partial charge in [0.05, 0.1) is 25.0 Å². The van der Waals surface area contributed by atoms with Crippen molar-refractivity contribution in [3.8, 4) is 11.3 Å². The summed E-state index contributed by atoms with van der Waals surface area (Å²) in [6.07, 6.45) is 1.88. The molecule has 0 aliphatic heterocycles. The molecule has 1 amide bonds. The Kier molecular flexibility index (Phi) is 6.34. The van der Waals surface area contributed by atoms with Crippen molar-refractivity contribution in [1.29, 1.82) is 0 Å². The summed E-state index contributed by atoms with van der Waals surface area (Å²) in [6, 6.07) is 15.7. The van der Waals surface area contributed by atoms with Crippen LogP contribution in [0.1, 0.15) is 11.3 Å². The number of amides is 1. The quantitative estimate of drug-likeness (QED) is 0.392. The number of likely N-dealkylation sites (N-methyl/N-ethyl adjacent to an activating group) is 1. The Bertz CT molecular complexity index is 1180. The molecular formula is C22H23N7OS. The average Bonchev–Trinajstić information content (AvgIpc) is 3.40. The van der Waals surface area contributed by atoms with Gasteiger partial charge in [-0.1, -0.05) is 35.5 Å². The van der Waals surface area contributed by atoms with E-state index in [1.54, 1.807) is 23.1 Å². The lowest BCUT2D eigenvalue weighted by Crippen LogP contribution is -2.24. The Balaban J connectivity index is 1.42. The number of thiazole rings is 1. The molecule has 0 unspecified atom stereocenters. The van der Waals surface area contributed by atoms with Gasteiger partial charge in [0.15, 0.2) is 5.13 Å². The molecule has 158 valence electrons. The van der Waals surface area contributed by atoms with E-state index in [1.807, 2.05) is 54.0 Å². The van der Waals surface area contributed by atoms with Gasteiger partial charge in [-0.15, -0.1) is 16.4 Å². The molecule has 4 rings (SSSR count). The smallest absolute Gasteiger partial charge is 0.238 e. The largest absolute Gasteiger partial charge is 0.331 e. The van der Waals surface area contributed by atoms with Gasteiger partial charge in [-0.2, -0.15) is 0 Å². The number of nitrogens with zero attached hydrogens (tertiary/aromatic N) is 4. The number of carbonyl (C=O) groups is 1.